The molecule has 0 unspecified atom stereocenters. The first-order valence-corrected chi connectivity index (χ1v) is 8.24. The summed E-state index contributed by atoms with van der Waals surface area (Å²) in [5.74, 6) is 0.737. The standard InChI is InChI=1S/C13H20O3S2/c1-13(2)15-10-6-8-7(11(10)16-13)4-5-9(8)14-12(17)18-3/h7-11H,4-6H2,1-3H3/t7-,8-,9+,10-,11+/m1/s1. The molecule has 0 aromatic heterocycles. The lowest BCUT2D eigenvalue weighted by atomic mass is 9.98. The van der Waals surface area contributed by atoms with Crippen LogP contribution in [0.1, 0.15) is 33.1 Å². The first-order chi connectivity index (χ1) is 8.50. The average molecular weight is 288 g/mol. The fourth-order valence-electron chi connectivity index (χ4n) is 3.79. The molecule has 2 saturated carbocycles. The molecule has 1 heterocycles. The summed E-state index contributed by atoms with van der Waals surface area (Å²) in [4.78, 5) is 0. The monoisotopic (exact) mass is 288 g/mol. The molecule has 0 aromatic rings. The van der Waals surface area contributed by atoms with Crippen LogP contribution in [-0.2, 0) is 14.2 Å². The van der Waals surface area contributed by atoms with E-state index in [1.54, 1.807) is 0 Å². The normalized spacial score (nSPS) is 44.7. The van der Waals surface area contributed by atoms with Gasteiger partial charge in [-0.3, -0.25) is 0 Å². The number of thiocarbonyl (C=S) groups is 1. The van der Waals surface area contributed by atoms with Crippen molar-refractivity contribution in [1.82, 2.24) is 0 Å². The Bertz CT molecular complexity index is 358. The maximum atomic E-state index is 6.05. The fourth-order valence-corrected chi connectivity index (χ4v) is 4.13. The van der Waals surface area contributed by atoms with Crippen molar-refractivity contribution in [2.24, 2.45) is 11.8 Å². The zero-order valence-corrected chi connectivity index (χ0v) is 12.7. The number of rotatable bonds is 1. The zero-order chi connectivity index (χ0) is 12.9. The Morgan fingerprint density at radius 2 is 2.06 bits per heavy atom. The van der Waals surface area contributed by atoms with Crippen molar-refractivity contribution in [1.29, 1.82) is 0 Å². The summed E-state index contributed by atoms with van der Waals surface area (Å²) in [6.45, 7) is 4.01. The van der Waals surface area contributed by atoms with Gasteiger partial charge in [-0.1, -0.05) is 11.8 Å². The van der Waals surface area contributed by atoms with E-state index >= 15 is 0 Å². The highest BCUT2D eigenvalue weighted by molar-refractivity contribution is 8.22. The maximum absolute atomic E-state index is 6.05. The lowest BCUT2D eigenvalue weighted by Gasteiger charge is -2.24. The molecule has 5 heteroatoms. The van der Waals surface area contributed by atoms with Crippen LogP contribution >= 0.6 is 24.0 Å². The van der Waals surface area contributed by atoms with Gasteiger partial charge in [0.15, 0.2) is 5.79 Å². The molecule has 2 aliphatic carbocycles. The average Bonchev–Trinajstić information content (AvgIpc) is 2.89. The quantitative estimate of drug-likeness (QED) is 0.692. The Balaban J connectivity index is 1.67. The Hall–Kier alpha value is 0.160. The first kappa shape index (κ1) is 13.2. The highest BCUT2D eigenvalue weighted by Gasteiger charge is 2.57. The highest BCUT2D eigenvalue weighted by atomic mass is 32.2. The third-order valence-electron chi connectivity index (χ3n) is 4.37. The molecule has 3 nitrogen and oxygen atoms in total. The van der Waals surface area contributed by atoms with E-state index in [0.29, 0.717) is 16.2 Å². The third kappa shape index (κ3) is 2.19. The van der Waals surface area contributed by atoms with Crippen LogP contribution in [0.15, 0.2) is 0 Å². The molecule has 0 radical (unpaired) electrons. The second-order valence-electron chi connectivity index (χ2n) is 5.89. The third-order valence-corrected chi connectivity index (χ3v) is 5.40. The van der Waals surface area contributed by atoms with Crippen LogP contribution < -0.4 is 0 Å². The van der Waals surface area contributed by atoms with E-state index in [4.69, 9.17) is 26.4 Å². The molecule has 18 heavy (non-hydrogen) atoms. The van der Waals surface area contributed by atoms with Gasteiger partial charge in [0.1, 0.15) is 6.10 Å². The second-order valence-corrected chi connectivity index (χ2v) is 7.30. The number of thioether (sulfide) groups is 1. The molecule has 3 aliphatic rings. The van der Waals surface area contributed by atoms with Crippen molar-refractivity contribution in [2.75, 3.05) is 6.26 Å². The minimum atomic E-state index is -0.409. The molecule has 5 atom stereocenters. The summed E-state index contributed by atoms with van der Waals surface area (Å²) in [7, 11) is 0. The van der Waals surface area contributed by atoms with Gasteiger partial charge in [0.2, 0.25) is 4.38 Å². The number of hydrogen-bond donors (Lipinski definition) is 0. The smallest absolute Gasteiger partial charge is 0.219 e. The SMILES string of the molecule is CSC(=S)O[C@H]1CC[C@@H]2[C@H]1C[C@H]1OC(C)(C)O[C@@H]21. The fraction of sp³-hybridized carbons (Fsp3) is 0.923. The Morgan fingerprint density at radius 1 is 1.28 bits per heavy atom. The van der Waals surface area contributed by atoms with Crippen LogP contribution in [0.4, 0.5) is 0 Å². The number of ether oxygens (including phenoxy) is 3. The summed E-state index contributed by atoms with van der Waals surface area (Å²) in [6.07, 6.45) is 6.09. The summed E-state index contributed by atoms with van der Waals surface area (Å²) in [6, 6.07) is 0. The van der Waals surface area contributed by atoms with Crippen LogP contribution in [-0.4, -0.2) is 34.7 Å². The number of hydrogen-bond acceptors (Lipinski definition) is 5. The van der Waals surface area contributed by atoms with Crippen molar-refractivity contribution in [2.45, 2.75) is 57.2 Å². The largest absolute Gasteiger partial charge is 0.475 e. The van der Waals surface area contributed by atoms with Gasteiger partial charge in [0, 0.05) is 5.92 Å². The van der Waals surface area contributed by atoms with Crippen LogP contribution in [0.25, 0.3) is 0 Å². The molecular weight excluding hydrogens is 268 g/mol. The van der Waals surface area contributed by atoms with E-state index in [2.05, 4.69) is 0 Å². The van der Waals surface area contributed by atoms with E-state index in [0.717, 1.165) is 12.8 Å². The summed E-state index contributed by atoms with van der Waals surface area (Å²) in [5.41, 5.74) is 0. The minimum absolute atomic E-state index is 0.254. The van der Waals surface area contributed by atoms with Gasteiger partial charge in [-0.05, 0) is 57.5 Å². The Morgan fingerprint density at radius 3 is 2.78 bits per heavy atom. The molecule has 3 fully saturated rings. The molecule has 0 aromatic carbocycles. The molecule has 0 N–H and O–H groups in total. The molecular formula is C13H20O3S2. The number of fused-ring (bicyclic) bond motifs is 3. The Labute approximate surface area is 118 Å². The van der Waals surface area contributed by atoms with Crippen molar-refractivity contribution in [3.05, 3.63) is 0 Å². The molecule has 1 aliphatic heterocycles. The lowest BCUT2D eigenvalue weighted by molar-refractivity contribution is -0.160. The molecule has 3 rings (SSSR count). The van der Waals surface area contributed by atoms with E-state index in [9.17, 15) is 0 Å². The first-order valence-electron chi connectivity index (χ1n) is 6.60. The van der Waals surface area contributed by atoms with Gasteiger partial charge < -0.3 is 14.2 Å². The van der Waals surface area contributed by atoms with Crippen molar-refractivity contribution in [3.8, 4) is 0 Å². The van der Waals surface area contributed by atoms with Gasteiger partial charge in [-0.15, -0.1) is 0 Å². The summed E-state index contributed by atoms with van der Waals surface area (Å²) >= 11 is 6.68. The second kappa shape index (κ2) is 4.62. The van der Waals surface area contributed by atoms with Gasteiger partial charge in [0.25, 0.3) is 0 Å². The van der Waals surface area contributed by atoms with Crippen LogP contribution in [0.3, 0.4) is 0 Å². The predicted molar refractivity (Wildman–Crippen MR) is 75.6 cm³/mol. The van der Waals surface area contributed by atoms with Crippen LogP contribution in [0.2, 0.25) is 0 Å². The lowest BCUT2D eigenvalue weighted by Crippen LogP contribution is -2.28. The van der Waals surface area contributed by atoms with Crippen molar-refractivity contribution in [3.63, 3.8) is 0 Å². The van der Waals surface area contributed by atoms with Crippen molar-refractivity contribution >= 4 is 28.4 Å². The van der Waals surface area contributed by atoms with E-state index in [-0.39, 0.29) is 18.3 Å². The summed E-state index contributed by atoms with van der Waals surface area (Å²) < 4.78 is 18.6. The van der Waals surface area contributed by atoms with Crippen LogP contribution in [0, 0.1) is 11.8 Å². The van der Waals surface area contributed by atoms with E-state index in [1.807, 2.05) is 20.1 Å². The van der Waals surface area contributed by atoms with Crippen molar-refractivity contribution < 1.29 is 14.2 Å². The predicted octanol–water partition coefficient (Wildman–Crippen LogP) is 2.97. The van der Waals surface area contributed by atoms with Gasteiger partial charge in [0.05, 0.1) is 12.2 Å². The van der Waals surface area contributed by atoms with E-state index < -0.39 is 5.79 Å². The van der Waals surface area contributed by atoms with Gasteiger partial charge in [-0.2, -0.15) is 0 Å². The molecule has 0 bridgehead atoms. The molecule has 102 valence electrons. The molecule has 0 spiro atoms. The minimum Gasteiger partial charge on any atom is -0.475 e. The topological polar surface area (TPSA) is 27.7 Å². The Kier molecular flexibility index (Phi) is 3.37. The van der Waals surface area contributed by atoms with Crippen LogP contribution in [0.5, 0.6) is 0 Å². The zero-order valence-electron chi connectivity index (χ0n) is 11.0. The van der Waals surface area contributed by atoms with Gasteiger partial charge in [-0.25, -0.2) is 0 Å². The van der Waals surface area contributed by atoms with Gasteiger partial charge >= 0.3 is 0 Å². The van der Waals surface area contributed by atoms with E-state index in [1.165, 1.54) is 18.2 Å². The maximum Gasteiger partial charge on any atom is 0.219 e. The molecule has 0 amide bonds. The molecule has 1 saturated heterocycles. The summed E-state index contributed by atoms with van der Waals surface area (Å²) in [5, 5.41) is 0. The highest BCUT2D eigenvalue weighted by Crippen LogP contribution is 2.52.